The lowest BCUT2D eigenvalue weighted by molar-refractivity contribution is 0.122. The summed E-state index contributed by atoms with van der Waals surface area (Å²) in [6, 6.07) is 3.99. The van der Waals surface area contributed by atoms with Crippen molar-refractivity contribution in [1.82, 2.24) is 5.32 Å². The predicted octanol–water partition coefficient (Wildman–Crippen LogP) is 3.22. The maximum atomic E-state index is 6.22. The second kappa shape index (κ2) is 5.37. The Balaban J connectivity index is 2.43. The molecule has 0 fully saturated rings. The van der Waals surface area contributed by atoms with Gasteiger partial charge in [-0.15, -0.1) is 0 Å². The number of fused-ring (bicyclic) bond motifs is 1. The average Bonchev–Trinajstić information content (AvgIpc) is 2.42. The summed E-state index contributed by atoms with van der Waals surface area (Å²) in [5, 5.41) is 4.83. The lowest BCUT2D eigenvalue weighted by atomic mass is 9.99. The third-order valence-corrected chi connectivity index (χ3v) is 3.36. The molecule has 1 unspecified atom stereocenters. The van der Waals surface area contributed by atoms with E-state index in [0.29, 0.717) is 11.6 Å². The fourth-order valence-electron chi connectivity index (χ4n) is 2.08. The van der Waals surface area contributed by atoms with E-state index in [2.05, 4.69) is 12.2 Å². The molecule has 1 heterocycles. The van der Waals surface area contributed by atoms with Crippen molar-refractivity contribution < 1.29 is 4.74 Å². The molecule has 88 valence electrons. The van der Waals surface area contributed by atoms with Gasteiger partial charge in [-0.2, -0.15) is 0 Å². The van der Waals surface area contributed by atoms with Gasteiger partial charge in [-0.25, -0.2) is 0 Å². The zero-order chi connectivity index (χ0) is 11.5. The van der Waals surface area contributed by atoms with Crippen molar-refractivity contribution in [3.05, 3.63) is 33.3 Å². The average molecular weight is 260 g/mol. The molecule has 0 bridgehead atoms. The van der Waals surface area contributed by atoms with Gasteiger partial charge in [0.1, 0.15) is 0 Å². The van der Waals surface area contributed by atoms with E-state index in [1.807, 2.05) is 6.07 Å². The zero-order valence-electron chi connectivity index (χ0n) is 9.22. The number of halogens is 2. The lowest BCUT2D eigenvalue weighted by Gasteiger charge is -2.18. The van der Waals surface area contributed by atoms with Crippen molar-refractivity contribution in [1.29, 1.82) is 0 Å². The van der Waals surface area contributed by atoms with Gasteiger partial charge >= 0.3 is 0 Å². The maximum Gasteiger partial charge on any atom is 0.0661 e. The Morgan fingerprint density at radius 3 is 3.00 bits per heavy atom. The van der Waals surface area contributed by atoms with Crippen LogP contribution in [0.2, 0.25) is 10.0 Å². The van der Waals surface area contributed by atoms with E-state index >= 15 is 0 Å². The predicted molar refractivity (Wildman–Crippen MR) is 67.4 cm³/mol. The number of hydrogen-bond donors (Lipinski definition) is 1. The van der Waals surface area contributed by atoms with Crippen LogP contribution in [-0.2, 0) is 11.2 Å². The van der Waals surface area contributed by atoms with Crippen LogP contribution in [0.1, 0.15) is 24.1 Å². The van der Waals surface area contributed by atoms with Crippen molar-refractivity contribution in [2.75, 3.05) is 19.8 Å². The summed E-state index contributed by atoms with van der Waals surface area (Å²) in [6.45, 7) is 4.38. The Morgan fingerprint density at radius 1 is 1.44 bits per heavy atom. The standard InChI is InChI=1S/C12H15Cl2NO/c1-2-15-12-7-16-4-3-9-10(12)5-8(13)6-11(9)14/h5-6,12,15H,2-4,7H2,1H3. The van der Waals surface area contributed by atoms with Crippen molar-refractivity contribution in [3.8, 4) is 0 Å². The van der Waals surface area contributed by atoms with Crippen molar-refractivity contribution in [2.45, 2.75) is 19.4 Å². The fraction of sp³-hybridized carbons (Fsp3) is 0.500. The van der Waals surface area contributed by atoms with Crippen molar-refractivity contribution in [2.24, 2.45) is 0 Å². The first-order valence-electron chi connectivity index (χ1n) is 5.51. The minimum absolute atomic E-state index is 0.193. The molecule has 0 radical (unpaired) electrons. The lowest BCUT2D eigenvalue weighted by Crippen LogP contribution is -2.24. The molecule has 0 aromatic heterocycles. The topological polar surface area (TPSA) is 21.3 Å². The molecular weight excluding hydrogens is 245 g/mol. The van der Waals surface area contributed by atoms with Gasteiger partial charge in [0.25, 0.3) is 0 Å². The monoisotopic (exact) mass is 259 g/mol. The number of hydrogen-bond acceptors (Lipinski definition) is 2. The Bertz CT molecular complexity index is 382. The molecule has 0 amide bonds. The maximum absolute atomic E-state index is 6.22. The Labute approximate surface area is 106 Å². The number of likely N-dealkylation sites (N-methyl/N-ethyl adjacent to an activating group) is 1. The van der Waals surface area contributed by atoms with Crippen LogP contribution in [0.25, 0.3) is 0 Å². The third-order valence-electron chi connectivity index (χ3n) is 2.80. The molecule has 2 rings (SSSR count). The first-order chi connectivity index (χ1) is 7.72. The van der Waals surface area contributed by atoms with Crippen LogP contribution in [0.4, 0.5) is 0 Å². The molecule has 1 N–H and O–H groups in total. The Hall–Kier alpha value is -0.280. The molecule has 1 aromatic rings. The summed E-state index contributed by atoms with van der Waals surface area (Å²) < 4.78 is 5.57. The van der Waals surface area contributed by atoms with Gasteiger partial charge in [-0.3, -0.25) is 0 Å². The normalized spacial score (nSPS) is 20.3. The minimum Gasteiger partial charge on any atom is -0.379 e. The number of benzene rings is 1. The Morgan fingerprint density at radius 2 is 2.25 bits per heavy atom. The smallest absolute Gasteiger partial charge is 0.0661 e. The summed E-state index contributed by atoms with van der Waals surface area (Å²) in [7, 11) is 0. The summed E-state index contributed by atoms with van der Waals surface area (Å²) in [6.07, 6.45) is 0.854. The molecule has 0 aliphatic carbocycles. The van der Waals surface area contributed by atoms with Crippen LogP contribution in [0, 0.1) is 0 Å². The highest BCUT2D eigenvalue weighted by atomic mass is 35.5. The third kappa shape index (κ3) is 2.51. The van der Waals surface area contributed by atoms with Gasteiger partial charge < -0.3 is 10.1 Å². The van der Waals surface area contributed by atoms with E-state index in [4.69, 9.17) is 27.9 Å². The summed E-state index contributed by atoms with van der Waals surface area (Å²) >= 11 is 12.3. The second-order valence-corrected chi connectivity index (χ2v) is 4.73. The van der Waals surface area contributed by atoms with E-state index in [9.17, 15) is 0 Å². The molecule has 0 saturated carbocycles. The van der Waals surface area contributed by atoms with E-state index < -0.39 is 0 Å². The largest absolute Gasteiger partial charge is 0.379 e. The molecule has 2 nitrogen and oxygen atoms in total. The SMILES string of the molecule is CCNC1COCCc2c(Cl)cc(Cl)cc21. The molecule has 1 atom stereocenters. The summed E-state index contributed by atoms with van der Waals surface area (Å²) in [4.78, 5) is 0. The minimum atomic E-state index is 0.193. The summed E-state index contributed by atoms with van der Waals surface area (Å²) in [5.74, 6) is 0. The number of ether oxygens (including phenoxy) is 1. The Kier molecular flexibility index (Phi) is 4.09. The number of rotatable bonds is 2. The molecule has 1 aliphatic heterocycles. The van der Waals surface area contributed by atoms with E-state index in [1.54, 1.807) is 6.07 Å². The first-order valence-corrected chi connectivity index (χ1v) is 6.27. The van der Waals surface area contributed by atoms with Crippen LogP contribution in [0.15, 0.2) is 12.1 Å². The molecule has 1 aliphatic rings. The highest BCUT2D eigenvalue weighted by molar-refractivity contribution is 6.35. The van der Waals surface area contributed by atoms with E-state index in [0.717, 1.165) is 30.2 Å². The van der Waals surface area contributed by atoms with Gasteiger partial charge in [0.15, 0.2) is 0 Å². The summed E-state index contributed by atoms with van der Waals surface area (Å²) in [5.41, 5.74) is 2.34. The molecule has 4 heteroatoms. The highest BCUT2D eigenvalue weighted by Gasteiger charge is 2.20. The molecule has 1 aromatic carbocycles. The van der Waals surface area contributed by atoms with Crippen LogP contribution >= 0.6 is 23.2 Å². The second-order valence-electron chi connectivity index (χ2n) is 3.89. The van der Waals surface area contributed by atoms with Crippen molar-refractivity contribution >= 4 is 23.2 Å². The quantitative estimate of drug-likeness (QED) is 0.881. The molecule has 0 saturated heterocycles. The fourth-order valence-corrected chi connectivity index (χ4v) is 2.68. The van der Waals surface area contributed by atoms with E-state index in [-0.39, 0.29) is 6.04 Å². The van der Waals surface area contributed by atoms with Crippen LogP contribution in [0.5, 0.6) is 0 Å². The highest BCUT2D eigenvalue weighted by Crippen LogP contribution is 2.31. The molecule has 0 spiro atoms. The van der Waals surface area contributed by atoms with Crippen molar-refractivity contribution in [3.63, 3.8) is 0 Å². The molecule has 16 heavy (non-hydrogen) atoms. The van der Waals surface area contributed by atoms with Gasteiger partial charge in [-0.05, 0) is 36.2 Å². The van der Waals surface area contributed by atoms with Gasteiger partial charge in [0, 0.05) is 10.0 Å². The van der Waals surface area contributed by atoms with Crippen LogP contribution in [-0.4, -0.2) is 19.8 Å². The van der Waals surface area contributed by atoms with Gasteiger partial charge in [0.05, 0.1) is 19.3 Å². The van der Waals surface area contributed by atoms with Gasteiger partial charge in [0.2, 0.25) is 0 Å². The number of nitrogens with one attached hydrogen (secondary N) is 1. The van der Waals surface area contributed by atoms with Crippen LogP contribution in [0.3, 0.4) is 0 Å². The van der Waals surface area contributed by atoms with Crippen LogP contribution < -0.4 is 5.32 Å². The first kappa shape index (κ1) is 12.2. The van der Waals surface area contributed by atoms with E-state index in [1.165, 1.54) is 5.56 Å². The molecular formula is C12H15Cl2NO. The van der Waals surface area contributed by atoms with Gasteiger partial charge in [-0.1, -0.05) is 30.1 Å². The zero-order valence-corrected chi connectivity index (χ0v) is 10.7.